The second kappa shape index (κ2) is 9.06. The van der Waals surface area contributed by atoms with Crippen molar-refractivity contribution >= 4 is 11.6 Å². The molecule has 1 N–H and O–H groups in total. The van der Waals surface area contributed by atoms with E-state index < -0.39 is 0 Å². The van der Waals surface area contributed by atoms with Crippen molar-refractivity contribution in [3.05, 3.63) is 47.3 Å². The smallest absolute Gasteiger partial charge is 0.224 e. The second-order valence-corrected chi connectivity index (χ2v) is 5.92. The number of carbonyl (C=O) groups is 1. The zero-order valence-corrected chi connectivity index (χ0v) is 15.4. The standard InChI is InChI=1S/C20H26N2O3/c1-5-24-17-9-6-7-10-18(17)25-12-8-11-19(23)22-20-14(2)13-15(3)21-16(20)4/h6-7,9-10,13H,5,8,11-12H2,1-4H3,(H,22,23). The molecular formula is C20H26N2O3. The van der Waals surface area contributed by atoms with Crippen LogP contribution in [0.5, 0.6) is 11.5 Å². The number of aryl methyl sites for hydroxylation is 3. The third-order valence-corrected chi connectivity index (χ3v) is 3.74. The maximum atomic E-state index is 12.2. The summed E-state index contributed by atoms with van der Waals surface area (Å²) in [5.41, 5.74) is 3.63. The summed E-state index contributed by atoms with van der Waals surface area (Å²) in [7, 11) is 0. The fourth-order valence-electron chi connectivity index (χ4n) is 2.67. The Morgan fingerprint density at radius 2 is 1.80 bits per heavy atom. The Balaban J connectivity index is 1.82. The number of para-hydroxylation sites is 2. The van der Waals surface area contributed by atoms with E-state index in [4.69, 9.17) is 9.47 Å². The lowest BCUT2D eigenvalue weighted by atomic mass is 10.1. The van der Waals surface area contributed by atoms with Gasteiger partial charge in [0.15, 0.2) is 11.5 Å². The van der Waals surface area contributed by atoms with Gasteiger partial charge in [-0.1, -0.05) is 12.1 Å². The van der Waals surface area contributed by atoms with Crippen LogP contribution in [0.2, 0.25) is 0 Å². The van der Waals surface area contributed by atoms with Crippen molar-refractivity contribution in [2.24, 2.45) is 0 Å². The number of rotatable bonds is 8. The normalized spacial score (nSPS) is 10.4. The monoisotopic (exact) mass is 342 g/mol. The molecule has 0 aliphatic carbocycles. The van der Waals surface area contributed by atoms with Crippen LogP contribution in [0.3, 0.4) is 0 Å². The number of pyridine rings is 1. The van der Waals surface area contributed by atoms with Gasteiger partial charge in [-0.25, -0.2) is 0 Å². The van der Waals surface area contributed by atoms with Gasteiger partial charge in [0.1, 0.15) is 0 Å². The van der Waals surface area contributed by atoms with Gasteiger partial charge in [-0.3, -0.25) is 9.78 Å². The first kappa shape index (κ1) is 18.8. The first-order valence-corrected chi connectivity index (χ1v) is 8.60. The van der Waals surface area contributed by atoms with Crippen molar-refractivity contribution in [2.45, 2.75) is 40.5 Å². The largest absolute Gasteiger partial charge is 0.490 e. The lowest BCUT2D eigenvalue weighted by Gasteiger charge is -2.13. The highest BCUT2D eigenvalue weighted by Crippen LogP contribution is 2.26. The van der Waals surface area contributed by atoms with E-state index in [-0.39, 0.29) is 5.91 Å². The Labute approximate surface area is 149 Å². The number of anilines is 1. The highest BCUT2D eigenvalue weighted by molar-refractivity contribution is 5.92. The number of hydrogen-bond donors (Lipinski definition) is 1. The zero-order valence-electron chi connectivity index (χ0n) is 15.4. The molecule has 2 aromatic rings. The van der Waals surface area contributed by atoms with Gasteiger partial charge in [-0.05, 0) is 57.9 Å². The molecule has 5 heteroatoms. The van der Waals surface area contributed by atoms with Crippen LogP contribution in [0, 0.1) is 20.8 Å². The third kappa shape index (κ3) is 5.48. The van der Waals surface area contributed by atoms with Crippen LogP contribution in [-0.4, -0.2) is 24.1 Å². The Morgan fingerprint density at radius 1 is 1.12 bits per heavy atom. The van der Waals surface area contributed by atoms with Crippen molar-refractivity contribution in [1.82, 2.24) is 4.98 Å². The summed E-state index contributed by atoms with van der Waals surface area (Å²) in [5.74, 6) is 1.41. The number of carbonyl (C=O) groups excluding carboxylic acids is 1. The first-order valence-electron chi connectivity index (χ1n) is 8.60. The molecule has 0 saturated heterocycles. The van der Waals surface area contributed by atoms with Gasteiger partial charge in [0.05, 0.1) is 24.6 Å². The SMILES string of the molecule is CCOc1ccccc1OCCCC(=O)Nc1c(C)cc(C)nc1C. The molecule has 0 spiro atoms. The molecule has 25 heavy (non-hydrogen) atoms. The van der Waals surface area contributed by atoms with Crippen LogP contribution in [0.1, 0.15) is 36.7 Å². The summed E-state index contributed by atoms with van der Waals surface area (Å²) >= 11 is 0. The van der Waals surface area contributed by atoms with Crippen LogP contribution in [-0.2, 0) is 4.79 Å². The van der Waals surface area contributed by atoms with E-state index >= 15 is 0 Å². The number of aromatic nitrogens is 1. The minimum Gasteiger partial charge on any atom is -0.490 e. The average molecular weight is 342 g/mol. The van der Waals surface area contributed by atoms with E-state index in [1.807, 2.05) is 58.0 Å². The van der Waals surface area contributed by atoms with Gasteiger partial charge in [0.2, 0.25) is 5.91 Å². The maximum absolute atomic E-state index is 12.2. The fraction of sp³-hybridized carbons (Fsp3) is 0.400. The molecular weight excluding hydrogens is 316 g/mol. The minimum absolute atomic E-state index is 0.0291. The number of hydrogen-bond acceptors (Lipinski definition) is 4. The molecule has 1 aromatic heterocycles. The van der Waals surface area contributed by atoms with Gasteiger partial charge >= 0.3 is 0 Å². The van der Waals surface area contributed by atoms with Crippen LogP contribution < -0.4 is 14.8 Å². The molecule has 0 fully saturated rings. The van der Waals surface area contributed by atoms with Crippen molar-refractivity contribution in [3.8, 4) is 11.5 Å². The van der Waals surface area contributed by atoms with Crippen molar-refractivity contribution in [2.75, 3.05) is 18.5 Å². The summed E-state index contributed by atoms with van der Waals surface area (Å²) in [6.07, 6.45) is 1.02. The molecule has 0 aliphatic heterocycles. The summed E-state index contributed by atoms with van der Waals surface area (Å²) in [5, 5.41) is 2.95. The number of nitrogens with one attached hydrogen (secondary N) is 1. The Morgan fingerprint density at radius 3 is 2.44 bits per heavy atom. The molecule has 1 aromatic carbocycles. The topological polar surface area (TPSA) is 60.5 Å². The molecule has 0 saturated carbocycles. The summed E-state index contributed by atoms with van der Waals surface area (Å²) in [6.45, 7) is 8.82. The molecule has 134 valence electrons. The van der Waals surface area contributed by atoms with E-state index in [9.17, 15) is 4.79 Å². The highest BCUT2D eigenvalue weighted by Gasteiger charge is 2.10. The van der Waals surface area contributed by atoms with Crippen LogP contribution in [0.15, 0.2) is 30.3 Å². The first-order chi connectivity index (χ1) is 12.0. The number of ether oxygens (including phenoxy) is 2. The molecule has 2 rings (SSSR count). The molecule has 1 amide bonds. The lowest BCUT2D eigenvalue weighted by Crippen LogP contribution is -2.15. The van der Waals surface area contributed by atoms with Crippen LogP contribution in [0.25, 0.3) is 0 Å². The number of amides is 1. The van der Waals surface area contributed by atoms with Crippen LogP contribution >= 0.6 is 0 Å². The van der Waals surface area contributed by atoms with Gasteiger partial charge < -0.3 is 14.8 Å². The van der Waals surface area contributed by atoms with E-state index in [2.05, 4.69) is 10.3 Å². The van der Waals surface area contributed by atoms with Gasteiger partial charge in [0.25, 0.3) is 0 Å². The predicted octanol–water partition coefficient (Wildman–Crippen LogP) is 4.20. The molecule has 0 atom stereocenters. The van der Waals surface area contributed by atoms with Crippen molar-refractivity contribution in [1.29, 1.82) is 0 Å². The summed E-state index contributed by atoms with van der Waals surface area (Å²) in [6, 6.07) is 9.53. The zero-order chi connectivity index (χ0) is 18.2. The average Bonchev–Trinajstić information content (AvgIpc) is 2.56. The van der Waals surface area contributed by atoms with E-state index in [0.29, 0.717) is 31.8 Å². The molecule has 0 radical (unpaired) electrons. The molecule has 0 bridgehead atoms. The molecule has 5 nitrogen and oxygen atoms in total. The van der Waals surface area contributed by atoms with Crippen molar-refractivity contribution < 1.29 is 14.3 Å². The quantitative estimate of drug-likeness (QED) is 0.730. The molecule has 1 heterocycles. The Bertz CT molecular complexity index is 706. The fourth-order valence-corrected chi connectivity index (χ4v) is 2.67. The van der Waals surface area contributed by atoms with Gasteiger partial charge in [0, 0.05) is 12.1 Å². The maximum Gasteiger partial charge on any atom is 0.224 e. The van der Waals surface area contributed by atoms with Crippen molar-refractivity contribution in [3.63, 3.8) is 0 Å². The highest BCUT2D eigenvalue weighted by atomic mass is 16.5. The molecule has 0 unspecified atom stereocenters. The lowest BCUT2D eigenvalue weighted by molar-refractivity contribution is -0.116. The van der Waals surface area contributed by atoms with Gasteiger partial charge in [-0.2, -0.15) is 0 Å². The van der Waals surface area contributed by atoms with Crippen LogP contribution in [0.4, 0.5) is 5.69 Å². The molecule has 0 aliphatic rings. The number of nitrogens with zero attached hydrogens (tertiary/aromatic N) is 1. The van der Waals surface area contributed by atoms with E-state index in [1.54, 1.807) is 0 Å². The third-order valence-electron chi connectivity index (χ3n) is 3.74. The predicted molar refractivity (Wildman–Crippen MR) is 99.4 cm³/mol. The minimum atomic E-state index is -0.0291. The van der Waals surface area contributed by atoms with E-state index in [1.165, 1.54) is 0 Å². The Hall–Kier alpha value is -2.56. The summed E-state index contributed by atoms with van der Waals surface area (Å²) in [4.78, 5) is 16.6. The summed E-state index contributed by atoms with van der Waals surface area (Å²) < 4.78 is 11.3. The second-order valence-electron chi connectivity index (χ2n) is 5.92. The Kier molecular flexibility index (Phi) is 6.81. The van der Waals surface area contributed by atoms with E-state index in [0.717, 1.165) is 28.4 Å². The van der Waals surface area contributed by atoms with Gasteiger partial charge in [-0.15, -0.1) is 0 Å². The number of benzene rings is 1.